The van der Waals surface area contributed by atoms with Crippen molar-refractivity contribution in [2.75, 3.05) is 24.6 Å². The van der Waals surface area contributed by atoms with Gasteiger partial charge in [-0.1, -0.05) is 23.5 Å². The lowest BCUT2D eigenvalue weighted by atomic mass is 10.2. The fourth-order valence-corrected chi connectivity index (χ4v) is 3.04. The van der Waals surface area contributed by atoms with Crippen LogP contribution in [0.5, 0.6) is 0 Å². The summed E-state index contributed by atoms with van der Waals surface area (Å²) in [6, 6.07) is 7.91. The lowest BCUT2D eigenvalue weighted by molar-refractivity contribution is -0.171. The SMILES string of the molecule is CCOC(=O)C(=O)OC1CN(c2nc3ccccc3s2)C1. The fraction of sp³-hybridized carbons (Fsp3) is 0.357. The molecule has 3 rings (SSSR count). The molecule has 0 saturated carbocycles. The number of hydrogen-bond donors (Lipinski definition) is 0. The molecule has 1 aromatic carbocycles. The van der Waals surface area contributed by atoms with Crippen LogP contribution in [-0.4, -0.2) is 42.7 Å². The van der Waals surface area contributed by atoms with Crippen LogP contribution in [0.3, 0.4) is 0 Å². The van der Waals surface area contributed by atoms with Crippen LogP contribution in [0, 0.1) is 0 Å². The number of anilines is 1. The Labute approximate surface area is 125 Å². The van der Waals surface area contributed by atoms with E-state index in [9.17, 15) is 9.59 Å². The number of fused-ring (bicyclic) bond motifs is 1. The maximum absolute atomic E-state index is 11.4. The average molecular weight is 306 g/mol. The molecule has 1 aliphatic rings. The molecule has 0 spiro atoms. The van der Waals surface area contributed by atoms with Crippen LogP contribution in [0.25, 0.3) is 10.2 Å². The van der Waals surface area contributed by atoms with Gasteiger partial charge in [0.15, 0.2) is 5.13 Å². The van der Waals surface area contributed by atoms with E-state index < -0.39 is 11.9 Å². The smallest absolute Gasteiger partial charge is 0.417 e. The van der Waals surface area contributed by atoms with Gasteiger partial charge in [0.2, 0.25) is 0 Å². The zero-order valence-corrected chi connectivity index (χ0v) is 12.3. The van der Waals surface area contributed by atoms with E-state index in [1.165, 1.54) is 0 Å². The zero-order valence-electron chi connectivity index (χ0n) is 11.4. The Bertz CT molecular complexity index is 645. The van der Waals surface area contributed by atoms with Crippen molar-refractivity contribution in [1.82, 2.24) is 4.98 Å². The van der Waals surface area contributed by atoms with Crippen LogP contribution in [-0.2, 0) is 19.1 Å². The highest BCUT2D eigenvalue weighted by molar-refractivity contribution is 7.22. The molecule has 1 aliphatic heterocycles. The first kappa shape index (κ1) is 13.8. The molecule has 1 aromatic heterocycles. The second kappa shape index (κ2) is 5.69. The van der Waals surface area contributed by atoms with Crippen LogP contribution in [0.15, 0.2) is 24.3 Å². The molecule has 7 heteroatoms. The van der Waals surface area contributed by atoms with Crippen molar-refractivity contribution in [1.29, 1.82) is 0 Å². The van der Waals surface area contributed by atoms with Crippen molar-refractivity contribution in [2.45, 2.75) is 13.0 Å². The highest BCUT2D eigenvalue weighted by Crippen LogP contribution is 2.31. The highest BCUT2D eigenvalue weighted by Gasteiger charge is 2.34. The molecule has 0 atom stereocenters. The van der Waals surface area contributed by atoms with Crippen LogP contribution in [0.2, 0.25) is 0 Å². The van der Waals surface area contributed by atoms with Crippen LogP contribution < -0.4 is 4.90 Å². The van der Waals surface area contributed by atoms with E-state index in [0.29, 0.717) is 13.1 Å². The molecule has 1 saturated heterocycles. The van der Waals surface area contributed by atoms with Gasteiger partial charge in [-0.25, -0.2) is 14.6 Å². The Kier molecular flexibility index (Phi) is 3.74. The number of esters is 2. The van der Waals surface area contributed by atoms with Gasteiger partial charge in [-0.15, -0.1) is 0 Å². The molecule has 0 bridgehead atoms. The maximum Gasteiger partial charge on any atom is 0.417 e. The Morgan fingerprint density at radius 2 is 2.10 bits per heavy atom. The van der Waals surface area contributed by atoms with Gasteiger partial charge in [0.1, 0.15) is 6.10 Å². The van der Waals surface area contributed by atoms with Gasteiger partial charge >= 0.3 is 11.9 Å². The molecule has 0 unspecified atom stereocenters. The molecule has 6 nitrogen and oxygen atoms in total. The Morgan fingerprint density at radius 3 is 2.81 bits per heavy atom. The van der Waals surface area contributed by atoms with E-state index in [-0.39, 0.29) is 12.7 Å². The van der Waals surface area contributed by atoms with Crippen LogP contribution in [0.1, 0.15) is 6.92 Å². The Hall–Kier alpha value is -2.15. The number of carbonyl (C=O) groups excluding carboxylic acids is 2. The first-order chi connectivity index (χ1) is 10.2. The van der Waals surface area contributed by atoms with Crippen molar-refractivity contribution in [2.24, 2.45) is 0 Å². The monoisotopic (exact) mass is 306 g/mol. The minimum atomic E-state index is -0.934. The lowest BCUT2D eigenvalue weighted by Gasteiger charge is -2.37. The predicted molar refractivity (Wildman–Crippen MR) is 78.3 cm³/mol. The summed E-state index contributed by atoms with van der Waals surface area (Å²) >= 11 is 1.60. The first-order valence-electron chi connectivity index (χ1n) is 6.65. The molecule has 0 radical (unpaired) electrons. The number of rotatable bonds is 3. The predicted octanol–water partition coefficient (Wildman–Crippen LogP) is 1.59. The van der Waals surface area contributed by atoms with Gasteiger partial charge in [0.05, 0.1) is 29.9 Å². The number of para-hydroxylation sites is 1. The van der Waals surface area contributed by atoms with E-state index in [1.54, 1.807) is 18.3 Å². The molecule has 0 amide bonds. The van der Waals surface area contributed by atoms with Gasteiger partial charge in [-0.2, -0.15) is 0 Å². The molecular formula is C14H14N2O4S. The van der Waals surface area contributed by atoms with E-state index in [4.69, 9.17) is 4.74 Å². The van der Waals surface area contributed by atoms with Crippen LogP contribution in [0.4, 0.5) is 5.13 Å². The highest BCUT2D eigenvalue weighted by atomic mass is 32.1. The van der Waals surface area contributed by atoms with Gasteiger partial charge in [-0.05, 0) is 19.1 Å². The molecule has 1 fully saturated rings. The van der Waals surface area contributed by atoms with E-state index in [1.807, 2.05) is 29.2 Å². The number of hydrogen-bond acceptors (Lipinski definition) is 7. The lowest BCUT2D eigenvalue weighted by Crippen LogP contribution is -2.53. The average Bonchev–Trinajstić information content (AvgIpc) is 2.85. The maximum atomic E-state index is 11.4. The molecular weight excluding hydrogens is 292 g/mol. The van der Waals surface area contributed by atoms with E-state index in [0.717, 1.165) is 15.3 Å². The fourth-order valence-electron chi connectivity index (χ4n) is 2.05. The molecule has 110 valence electrons. The number of nitrogens with zero attached hydrogens (tertiary/aromatic N) is 2. The molecule has 0 aliphatic carbocycles. The van der Waals surface area contributed by atoms with Crippen molar-refractivity contribution in [3.05, 3.63) is 24.3 Å². The number of benzene rings is 1. The summed E-state index contributed by atoms with van der Waals surface area (Å²) in [5.74, 6) is -1.86. The minimum Gasteiger partial charge on any atom is -0.458 e. The molecule has 21 heavy (non-hydrogen) atoms. The summed E-state index contributed by atoms with van der Waals surface area (Å²) in [7, 11) is 0. The van der Waals surface area contributed by atoms with Gasteiger partial charge < -0.3 is 14.4 Å². The van der Waals surface area contributed by atoms with Crippen molar-refractivity contribution in [3.63, 3.8) is 0 Å². The van der Waals surface area contributed by atoms with Crippen molar-refractivity contribution >= 4 is 38.6 Å². The summed E-state index contributed by atoms with van der Waals surface area (Å²) in [5, 5.41) is 0.902. The minimum absolute atomic E-state index is 0.163. The summed E-state index contributed by atoms with van der Waals surface area (Å²) in [5.41, 5.74) is 0.962. The third-order valence-electron chi connectivity index (χ3n) is 3.12. The largest absolute Gasteiger partial charge is 0.458 e. The number of carbonyl (C=O) groups is 2. The number of aromatic nitrogens is 1. The topological polar surface area (TPSA) is 68.7 Å². The van der Waals surface area contributed by atoms with Crippen molar-refractivity contribution < 1.29 is 19.1 Å². The second-order valence-electron chi connectivity index (χ2n) is 4.62. The number of thiazole rings is 1. The first-order valence-corrected chi connectivity index (χ1v) is 7.47. The summed E-state index contributed by atoms with van der Waals surface area (Å²) < 4.78 is 10.8. The standard InChI is InChI=1S/C14H14N2O4S/c1-2-19-12(17)13(18)20-9-7-16(8-9)14-15-10-5-3-4-6-11(10)21-14/h3-6,9H,2,7-8H2,1H3. The second-order valence-corrected chi connectivity index (χ2v) is 5.63. The third-order valence-corrected chi connectivity index (χ3v) is 4.21. The third kappa shape index (κ3) is 2.82. The normalized spacial score (nSPS) is 14.8. The van der Waals surface area contributed by atoms with Crippen molar-refractivity contribution in [3.8, 4) is 0 Å². The van der Waals surface area contributed by atoms with Gasteiger partial charge in [-0.3, -0.25) is 0 Å². The molecule has 2 aromatic rings. The Morgan fingerprint density at radius 1 is 1.33 bits per heavy atom. The zero-order chi connectivity index (χ0) is 14.8. The van der Waals surface area contributed by atoms with Gasteiger partial charge in [0, 0.05) is 0 Å². The molecule has 2 heterocycles. The Balaban J connectivity index is 1.56. The summed E-state index contributed by atoms with van der Waals surface area (Å²) in [6.07, 6.45) is -0.283. The van der Waals surface area contributed by atoms with E-state index in [2.05, 4.69) is 9.72 Å². The molecule has 0 N–H and O–H groups in total. The van der Waals surface area contributed by atoms with Gasteiger partial charge in [0.25, 0.3) is 0 Å². The quantitative estimate of drug-likeness (QED) is 0.633. The van der Waals surface area contributed by atoms with Crippen LogP contribution >= 0.6 is 11.3 Å². The number of ether oxygens (including phenoxy) is 2. The van der Waals surface area contributed by atoms with E-state index >= 15 is 0 Å². The summed E-state index contributed by atoms with van der Waals surface area (Å²) in [6.45, 7) is 2.90. The summed E-state index contributed by atoms with van der Waals surface area (Å²) in [4.78, 5) is 29.1.